The molecule has 0 atom stereocenters. The van der Waals surface area contributed by atoms with Gasteiger partial charge in [-0.25, -0.2) is 18.1 Å². The van der Waals surface area contributed by atoms with E-state index < -0.39 is 10.0 Å². The van der Waals surface area contributed by atoms with Gasteiger partial charge in [0.1, 0.15) is 5.75 Å². The van der Waals surface area contributed by atoms with Gasteiger partial charge >= 0.3 is 0 Å². The molecule has 0 aliphatic rings. The first-order valence-electron chi connectivity index (χ1n) is 10.3. The van der Waals surface area contributed by atoms with Gasteiger partial charge in [0, 0.05) is 26.7 Å². The zero-order valence-corrected chi connectivity index (χ0v) is 21.7. The number of benzene rings is 2. The van der Waals surface area contributed by atoms with E-state index in [1.807, 2.05) is 43.3 Å². The minimum atomic E-state index is -3.57. The molecule has 0 aliphatic carbocycles. The third-order valence-corrected chi connectivity index (χ3v) is 5.66. The molecule has 0 aromatic heterocycles. The fraction of sp³-hybridized carbons (Fsp3) is 0.409. The first-order chi connectivity index (χ1) is 15.0. The summed E-state index contributed by atoms with van der Waals surface area (Å²) in [5, 5.41) is 6.47. The maximum absolute atomic E-state index is 12.4. The Kier molecular flexibility index (Phi) is 13.9. The number of hydrogen-bond acceptors (Lipinski definition) is 5. The molecule has 0 unspecified atom stereocenters. The van der Waals surface area contributed by atoms with E-state index >= 15 is 0 Å². The average molecular weight is 577 g/mol. The van der Waals surface area contributed by atoms with Crippen molar-refractivity contribution in [2.24, 2.45) is 4.99 Å². The summed E-state index contributed by atoms with van der Waals surface area (Å²) in [4.78, 5) is 4.77. The molecular formula is C22H33IN4O4S. The third kappa shape index (κ3) is 10.6. The Morgan fingerprint density at radius 1 is 1.00 bits per heavy atom. The SMILES string of the molecule is CCNC(=NCc1cccc(S(=O)(=O)NCCOC)c1)NCCCOc1ccccc1.I. The predicted molar refractivity (Wildman–Crippen MR) is 138 cm³/mol. The van der Waals surface area contributed by atoms with Gasteiger partial charge in [0.05, 0.1) is 24.7 Å². The molecule has 0 fully saturated rings. The molecular weight excluding hydrogens is 543 g/mol. The minimum Gasteiger partial charge on any atom is -0.494 e. The van der Waals surface area contributed by atoms with Crippen LogP contribution in [0, 0.1) is 0 Å². The number of hydrogen-bond donors (Lipinski definition) is 3. The zero-order chi connectivity index (χ0) is 22.4. The molecule has 0 saturated heterocycles. The smallest absolute Gasteiger partial charge is 0.240 e. The van der Waals surface area contributed by atoms with Crippen LogP contribution < -0.4 is 20.1 Å². The van der Waals surface area contributed by atoms with Gasteiger partial charge in [-0.05, 0) is 43.2 Å². The number of methoxy groups -OCH3 is 1. The van der Waals surface area contributed by atoms with Crippen LogP contribution in [0.3, 0.4) is 0 Å². The summed E-state index contributed by atoms with van der Waals surface area (Å²) in [6.07, 6.45) is 0.820. The Morgan fingerprint density at radius 2 is 1.78 bits per heavy atom. The lowest BCUT2D eigenvalue weighted by atomic mass is 10.2. The van der Waals surface area contributed by atoms with Crippen molar-refractivity contribution in [1.29, 1.82) is 0 Å². The monoisotopic (exact) mass is 576 g/mol. The molecule has 0 amide bonds. The largest absolute Gasteiger partial charge is 0.494 e. The molecule has 3 N–H and O–H groups in total. The van der Waals surface area contributed by atoms with Crippen molar-refractivity contribution in [3.63, 3.8) is 0 Å². The Morgan fingerprint density at radius 3 is 2.50 bits per heavy atom. The molecule has 2 aromatic carbocycles. The highest BCUT2D eigenvalue weighted by atomic mass is 127. The van der Waals surface area contributed by atoms with Crippen molar-refractivity contribution >= 4 is 40.0 Å². The first kappa shape index (κ1) is 28.1. The van der Waals surface area contributed by atoms with Crippen molar-refractivity contribution in [2.75, 3.05) is 40.0 Å². The maximum atomic E-state index is 12.4. The Balaban J connectivity index is 0.00000512. The van der Waals surface area contributed by atoms with Gasteiger partial charge in [0.2, 0.25) is 10.0 Å². The van der Waals surface area contributed by atoms with E-state index in [4.69, 9.17) is 9.47 Å². The van der Waals surface area contributed by atoms with E-state index in [-0.39, 0.29) is 35.4 Å². The maximum Gasteiger partial charge on any atom is 0.240 e. The van der Waals surface area contributed by atoms with Crippen LogP contribution in [0.5, 0.6) is 5.75 Å². The van der Waals surface area contributed by atoms with Crippen LogP contribution >= 0.6 is 24.0 Å². The molecule has 0 saturated carbocycles. The van der Waals surface area contributed by atoms with Gasteiger partial charge in [-0.15, -0.1) is 24.0 Å². The lowest BCUT2D eigenvalue weighted by Crippen LogP contribution is -2.38. The summed E-state index contributed by atoms with van der Waals surface area (Å²) in [6, 6.07) is 16.5. The molecule has 8 nitrogen and oxygen atoms in total. The molecule has 0 radical (unpaired) electrons. The fourth-order valence-electron chi connectivity index (χ4n) is 2.67. The van der Waals surface area contributed by atoms with Crippen LogP contribution in [0.1, 0.15) is 18.9 Å². The number of halogens is 1. The highest BCUT2D eigenvalue weighted by Crippen LogP contribution is 2.12. The van der Waals surface area contributed by atoms with Crippen LogP contribution in [0.25, 0.3) is 0 Å². The van der Waals surface area contributed by atoms with Crippen LogP contribution in [0.15, 0.2) is 64.5 Å². The van der Waals surface area contributed by atoms with E-state index in [1.165, 1.54) is 7.11 Å². The highest BCUT2D eigenvalue weighted by molar-refractivity contribution is 14.0. The second kappa shape index (κ2) is 15.8. The second-order valence-corrected chi connectivity index (χ2v) is 8.44. The highest BCUT2D eigenvalue weighted by Gasteiger charge is 2.13. The Hall–Kier alpha value is -1.89. The van der Waals surface area contributed by atoms with E-state index in [9.17, 15) is 8.42 Å². The Labute approximate surface area is 208 Å². The minimum absolute atomic E-state index is 0. The van der Waals surface area contributed by atoms with Gasteiger partial charge in [-0.2, -0.15) is 0 Å². The van der Waals surface area contributed by atoms with Crippen molar-refractivity contribution in [3.05, 3.63) is 60.2 Å². The number of guanidine groups is 1. The quantitative estimate of drug-likeness (QED) is 0.147. The van der Waals surface area contributed by atoms with Gasteiger partial charge in [-0.3, -0.25) is 0 Å². The van der Waals surface area contributed by atoms with Gasteiger partial charge < -0.3 is 20.1 Å². The normalized spacial score (nSPS) is 11.5. The zero-order valence-electron chi connectivity index (χ0n) is 18.5. The summed E-state index contributed by atoms with van der Waals surface area (Å²) in [7, 11) is -2.04. The number of aliphatic imine (C=N–C) groups is 1. The van der Waals surface area contributed by atoms with Crippen LogP contribution in [0.2, 0.25) is 0 Å². The van der Waals surface area contributed by atoms with E-state index in [2.05, 4.69) is 20.3 Å². The number of nitrogens with one attached hydrogen (secondary N) is 3. The Bertz CT molecular complexity index is 911. The lowest BCUT2D eigenvalue weighted by molar-refractivity contribution is 0.204. The molecule has 2 aromatic rings. The van der Waals surface area contributed by atoms with E-state index in [1.54, 1.807) is 18.2 Å². The van der Waals surface area contributed by atoms with Crippen molar-refractivity contribution in [2.45, 2.75) is 24.8 Å². The average Bonchev–Trinajstić information content (AvgIpc) is 2.78. The second-order valence-electron chi connectivity index (χ2n) is 6.67. The van der Waals surface area contributed by atoms with Gasteiger partial charge in [-0.1, -0.05) is 30.3 Å². The van der Waals surface area contributed by atoms with Gasteiger partial charge in [0.25, 0.3) is 0 Å². The van der Waals surface area contributed by atoms with Crippen molar-refractivity contribution in [3.8, 4) is 5.75 Å². The standard InChI is InChI=1S/C22H32N4O4S.HI/c1-3-23-22(24-13-8-15-30-20-10-5-4-6-11-20)25-18-19-9-7-12-21(17-19)31(27,28)26-14-16-29-2;/h4-7,9-12,17,26H,3,8,13-16,18H2,1-2H3,(H2,23,24,25);1H. The molecule has 0 spiro atoms. The van der Waals surface area contributed by atoms with E-state index in [0.717, 1.165) is 24.3 Å². The summed E-state index contributed by atoms with van der Waals surface area (Å²) < 4.78 is 37.8. The molecule has 2 rings (SSSR count). The summed E-state index contributed by atoms with van der Waals surface area (Å²) >= 11 is 0. The van der Waals surface area contributed by atoms with Crippen LogP contribution in [-0.2, 0) is 21.3 Å². The number of nitrogens with zero attached hydrogens (tertiary/aromatic N) is 1. The van der Waals surface area contributed by atoms with Crippen molar-refractivity contribution in [1.82, 2.24) is 15.4 Å². The number of rotatable bonds is 13. The van der Waals surface area contributed by atoms with Crippen LogP contribution in [-0.4, -0.2) is 54.3 Å². The summed E-state index contributed by atoms with van der Waals surface area (Å²) in [5.41, 5.74) is 0.805. The molecule has 178 valence electrons. The van der Waals surface area contributed by atoms with Crippen molar-refractivity contribution < 1.29 is 17.9 Å². The summed E-state index contributed by atoms with van der Waals surface area (Å²) in [5.74, 6) is 1.53. The molecule has 32 heavy (non-hydrogen) atoms. The number of ether oxygens (including phenoxy) is 2. The topological polar surface area (TPSA) is 101 Å². The predicted octanol–water partition coefficient (Wildman–Crippen LogP) is 2.75. The van der Waals surface area contributed by atoms with Gasteiger partial charge in [0.15, 0.2) is 5.96 Å². The van der Waals surface area contributed by atoms with Crippen LogP contribution in [0.4, 0.5) is 0 Å². The third-order valence-electron chi connectivity index (χ3n) is 4.20. The fourth-order valence-corrected chi connectivity index (χ4v) is 3.75. The van der Waals surface area contributed by atoms with E-state index in [0.29, 0.717) is 32.3 Å². The summed E-state index contributed by atoms with van der Waals surface area (Å²) in [6.45, 7) is 4.93. The number of para-hydroxylation sites is 1. The molecule has 0 aliphatic heterocycles. The number of sulfonamides is 1. The molecule has 10 heteroatoms. The first-order valence-corrected chi connectivity index (χ1v) is 11.8. The molecule has 0 heterocycles. The molecule has 0 bridgehead atoms. The lowest BCUT2D eigenvalue weighted by Gasteiger charge is -2.12.